The second kappa shape index (κ2) is 14.4. The van der Waals surface area contributed by atoms with E-state index in [1.165, 1.54) is 0 Å². The van der Waals surface area contributed by atoms with Crippen LogP contribution in [0.15, 0.2) is 109 Å². The molecular weight excluding hydrogens is 368 g/mol. The molecular formula is C23H33NOP2. The summed E-state index contributed by atoms with van der Waals surface area (Å²) in [6.07, 6.45) is 22.6. The van der Waals surface area contributed by atoms with Gasteiger partial charge in [-0.25, -0.2) is 4.86 Å². The normalized spacial score (nSPS) is 17.9. The summed E-state index contributed by atoms with van der Waals surface area (Å²) in [6.45, 7) is 19.2. The van der Waals surface area contributed by atoms with Crippen LogP contribution in [-0.4, -0.2) is 0 Å². The van der Waals surface area contributed by atoms with Crippen LogP contribution in [0.1, 0.15) is 27.7 Å². The minimum Gasteiger partial charge on any atom is -0.296 e. The lowest BCUT2D eigenvalue weighted by Crippen LogP contribution is -2.03. The van der Waals surface area contributed by atoms with Gasteiger partial charge in [0.15, 0.2) is 0 Å². The highest BCUT2D eigenvalue weighted by Crippen LogP contribution is 2.61. The van der Waals surface area contributed by atoms with Crippen molar-refractivity contribution in [2.24, 2.45) is 5.92 Å². The molecule has 0 saturated heterocycles. The fourth-order valence-electron chi connectivity index (χ4n) is 2.14. The van der Waals surface area contributed by atoms with E-state index in [2.05, 4.69) is 24.6 Å². The molecule has 0 radical (unpaired) electrons. The van der Waals surface area contributed by atoms with Gasteiger partial charge in [0.2, 0.25) is 7.29 Å². The van der Waals surface area contributed by atoms with E-state index in [1.807, 2.05) is 82.4 Å². The Morgan fingerprint density at radius 3 is 2.07 bits per heavy atom. The Balaban J connectivity index is 6.19. The molecule has 0 aliphatic heterocycles. The van der Waals surface area contributed by atoms with Crippen molar-refractivity contribution in [2.45, 2.75) is 27.7 Å². The van der Waals surface area contributed by atoms with Crippen LogP contribution in [0.2, 0.25) is 0 Å². The van der Waals surface area contributed by atoms with Crippen molar-refractivity contribution in [3.05, 3.63) is 109 Å². The molecule has 0 aliphatic rings. The van der Waals surface area contributed by atoms with Crippen molar-refractivity contribution < 1.29 is 4.57 Å². The summed E-state index contributed by atoms with van der Waals surface area (Å²) < 4.78 is 14.1. The van der Waals surface area contributed by atoms with Crippen LogP contribution in [0.3, 0.4) is 0 Å². The zero-order valence-electron chi connectivity index (χ0n) is 17.0. The van der Waals surface area contributed by atoms with Crippen molar-refractivity contribution in [1.29, 1.82) is 0 Å². The lowest BCUT2D eigenvalue weighted by Gasteiger charge is -2.23. The van der Waals surface area contributed by atoms with Crippen molar-refractivity contribution in [2.75, 3.05) is 0 Å². The van der Waals surface area contributed by atoms with Crippen LogP contribution < -0.4 is 4.86 Å². The molecule has 3 atom stereocenters. The third-order valence-corrected chi connectivity index (χ3v) is 8.08. The van der Waals surface area contributed by atoms with E-state index in [0.29, 0.717) is 0 Å². The van der Waals surface area contributed by atoms with E-state index < -0.39 is 7.29 Å². The Kier molecular flexibility index (Phi) is 13.4. The van der Waals surface area contributed by atoms with Crippen molar-refractivity contribution >= 4 is 16.0 Å². The standard InChI is InChI=1S/C23H33NOP2/c1-8-14-21(15-9-2)26-24-27(25,23(16-10-3)17-11-4)22(13-6)19-18-20(7)12-5/h8-20,26H,1,3,5H2,2,4,6-7H3,(H,24,25)/b15-9-,17-11-,19-18-,21-14+,22-13+,23-16+. The van der Waals surface area contributed by atoms with Gasteiger partial charge in [0.25, 0.3) is 0 Å². The van der Waals surface area contributed by atoms with Gasteiger partial charge in [-0.05, 0) is 40.7 Å². The van der Waals surface area contributed by atoms with Gasteiger partial charge in [-0.2, -0.15) is 0 Å². The molecule has 0 rings (SSSR count). The highest BCUT2D eigenvalue weighted by molar-refractivity contribution is 7.77. The molecule has 0 aromatic rings. The van der Waals surface area contributed by atoms with E-state index >= 15 is 0 Å². The average molecular weight is 401 g/mol. The maximum atomic E-state index is 14.1. The molecule has 3 unspecified atom stereocenters. The number of rotatable bonds is 12. The lowest BCUT2D eigenvalue weighted by atomic mass is 10.1. The molecule has 4 heteroatoms. The van der Waals surface area contributed by atoms with Gasteiger partial charge in [-0.3, -0.25) is 4.57 Å². The summed E-state index contributed by atoms with van der Waals surface area (Å²) in [5, 5.41) is 2.51. The highest BCUT2D eigenvalue weighted by Gasteiger charge is 2.28. The molecule has 1 N–H and O–H groups in total. The first-order valence-corrected chi connectivity index (χ1v) is 11.7. The van der Waals surface area contributed by atoms with Crippen molar-refractivity contribution in [3.63, 3.8) is 0 Å². The summed E-state index contributed by atoms with van der Waals surface area (Å²) in [7, 11) is -2.87. The lowest BCUT2D eigenvalue weighted by molar-refractivity contribution is 0.582. The van der Waals surface area contributed by atoms with Crippen LogP contribution in [0.25, 0.3) is 0 Å². The van der Waals surface area contributed by atoms with Crippen LogP contribution >= 0.6 is 16.0 Å². The molecule has 27 heavy (non-hydrogen) atoms. The van der Waals surface area contributed by atoms with Gasteiger partial charge in [0, 0.05) is 10.6 Å². The Labute approximate surface area is 167 Å². The Morgan fingerprint density at radius 1 is 0.963 bits per heavy atom. The molecule has 146 valence electrons. The Bertz CT molecular complexity index is 733. The summed E-state index contributed by atoms with van der Waals surface area (Å²) in [4.78, 5) is 3.33. The molecule has 0 spiro atoms. The second-order valence-corrected chi connectivity index (χ2v) is 9.67. The number of hydrogen-bond acceptors (Lipinski definition) is 1. The van der Waals surface area contributed by atoms with Gasteiger partial charge in [0.05, 0.1) is 0 Å². The molecule has 0 fully saturated rings. The van der Waals surface area contributed by atoms with Crippen LogP contribution in [0.4, 0.5) is 0 Å². The Morgan fingerprint density at radius 2 is 1.59 bits per heavy atom. The molecule has 0 heterocycles. The molecule has 2 nitrogen and oxygen atoms in total. The Hall–Kier alpha value is -1.72. The quantitative estimate of drug-likeness (QED) is 0.204. The highest BCUT2D eigenvalue weighted by atomic mass is 31.2. The van der Waals surface area contributed by atoms with E-state index in [0.717, 1.165) is 15.9 Å². The summed E-state index contributed by atoms with van der Waals surface area (Å²) in [5.41, 5.74) is 0. The average Bonchev–Trinajstić information content (AvgIpc) is 2.66. The molecule has 0 amide bonds. The minimum atomic E-state index is -3.04. The second-order valence-electron chi connectivity index (χ2n) is 5.70. The van der Waals surface area contributed by atoms with Gasteiger partial charge >= 0.3 is 0 Å². The van der Waals surface area contributed by atoms with Gasteiger partial charge in [0.1, 0.15) is 0 Å². The molecule has 0 saturated carbocycles. The third-order valence-electron chi connectivity index (χ3n) is 3.59. The first-order valence-electron chi connectivity index (χ1n) is 8.95. The maximum Gasteiger partial charge on any atom is 0.207 e. The molecule has 0 aromatic heterocycles. The zero-order valence-corrected chi connectivity index (χ0v) is 18.9. The van der Waals surface area contributed by atoms with E-state index in [1.54, 1.807) is 18.2 Å². The topological polar surface area (TPSA) is 29.1 Å². The predicted molar refractivity (Wildman–Crippen MR) is 128 cm³/mol. The first kappa shape index (κ1) is 25.3. The van der Waals surface area contributed by atoms with E-state index in [9.17, 15) is 4.57 Å². The van der Waals surface area contributed by atoms with Gasteiger partial charge in [-0.1, -0.05) is 93.0 Å². The molecule has 0 aromatic carbocycles. The fraction of sp³-hybridized carbons (Fsp3) is 0.217. The third kappa shape index (κ3) is 8.67. The monoisotopic (exact) mass is 401 g/mol. The smallest absolute Gasteiger partial charge is 0.207 e. The predicted octanol–water partition coefficient (Wildman–Crippen LogP) is 8.02. The zero-order chi connectivity index (χ0) is 20.7. The van der Waals surface area contributed by atoms with Crippen LogP contribution in [0, 0.1) is 5.92 Å². The van der Waals surface area contributed by atoms with Gasteiger partial charge < -0.3 is 0 Å². The van der Waals surface area contributed by atoms with Crippen LogP contribution in [-0.2, 0) is 4.57 Å². The maximum absolute atomic E-state index is 14.1. The van der Waals surface area contributed by atoms with Crippen molar-refractivity contribution in [1.82, 2.24) is 4.86 Å². The fourth-order valence-corrected chi connectivity index (χ4v) is 6.40. The van der Waals surface area contributed by atoms with E-state index in [-0.39, 0.29) is 14.6 Å². The number of allylic oxidation sites excluding steroid dienone is 15. The summed E-state index contributed by atoms with van der Waals surface area (Å²) >= 11 is 0. The molecule has 0 bridgehead atoms. The minimum absolute atomic E-state index is 0.171. The van der Waals surface area contributed by atoms with Gasteiger partial charge in [-0.15, -0.1) is 6.58 Å². The summed E-state index contributed by atoms with van der Waals surface area (Å²) in [5.74, 6) is 0.198. The molecule has 0 aliphatic carbocycles. The van der Waals surface area contributed by atoms with Crippen LogP contribution in [0.5, 0.6) is 0 Å². The van der Waals surface area contributed by atoms with E-state index in [4.69, 9.17) is 0 Å². The largest absolute Gasteiger partial charge is 0.296 e. The number of nitrogens with one attached hydrogen (secondary N) is 1. The summed E-state index contributed by atoms with van der Waals surface area (Å²) in [6, 6.07) is 0. The first-order chi connectivity index (χ1) is 12.9. The number of hydrogen-bond donors (Lipinski definition) is 1. The SMILES string of the molecule is C=C/C=C(\C=C/C)PNP(=O)(C(/C=C\C(C)C=C)=C/C)C(/C=C\C)=C/C=C. The van der Waals surface area contributed by atoms with Crippen molar-refractivity contribution in [3.8, 4) is 0 Å².